The van der Waals surface area contributed by atoms with Crippen molar-refractivity contribution in [2.24, 2.45) is 17.8 Å². The van der Waals surface area contributed by atoms with E-state index < -0.39 is 11.9 Å². The van der Waals surface area contributed by atoms with Crippen molar-refractivity contribution in [2.75, 3.05) is 5.73 Å². The highest BCUT2D eigenvalue weighted by molar-refractivity contribution is 9.10. The average molecular weight is 353 g/mol. The molecule has 1 aromatic rings. The normalized spacial score (nSPS) is 30.3. The van der Waals surface area contributed by atoms with Gasteiger partial charge in [0.25, 0.3) is 5.91 Å². The number of nitrogens with two attached hydrogens (primary N) is 1. The summed E-state index contributed by atoms with van der Waals surface area (Å²) in [5, 5.41) is 12.3. The zero-order valence-corrected chi connectivity index (χ0v) is 13.0. The number of carbonyl (C=O) groups is 2. The van der Waals surface area contributed by atoms with Crippen LogP contribution in [0.5, 0.6) is 0 Å². The van der Waals surface area contributed by atoms with Gasteiger partial charge in [-0.25, -0.2) is 0 Å². The lowest BCUT2D eigenvalue weighted by atomic mass is 9.84. The van der Waals surface area contributed by atoms with Gasteiger partial charge in [-0.3, -0.25) is 9.59 Å². The Hall–Kier alpha value is -1.56. The smallest absolute Gasteiger partial charge is 0.308 e. The summed E-state index contributed by atoms with van der Waals surface area (Å²) < 4.78 is 0.665. The molecule has 2 fully saturated rings. The highest BCUT2D eigenvalue weighted by Gasteiger charge is 2.51. The van der Waals surface area contributed by atoms with Gasteiger partial charge in [-0.1, -0.05) is 0 Å². The van der Waals surface area contributed by atoms with E-state index in [4.69, 9.17) is 5.73 Å². The lowest BCUT2D eigenvalue weighted by molar-refractivity contribution is -0.144. The molecule has 0 radical (unpaired) electrons. The molecule has 4 unspecified atom stereocenters. The molecule has 0 aliphatic heterocycles. The molecule has 112 valence electrons. The van der Waals surface area contributed by atoms with Crippen molar-refractivity contribution in [3.63, 3.8) is 0 Å². The van der Waals surface area contributed by atoms with Gasteiger partial charge in [0.1, 0.15) is 0 Å². The van der Waals surface area contributed by atoms with Gasteiger partial charge in [-0.15, -0.1) is 0 Å². The third kappa shape index (κ3) is 2.52. The quantitative estimate of drug-likeness (QED) is 0.727. The number of halogens is 1. The number of fused-ring (bicyclic) bond motifs is 2. The predicted molar refractivity (Wildman–Crippen MR) is 81.8 cm³/mol. The highest BCUT2D eigenvalue weighted by Crippen LogP contribution is 2.48. The molecule has 2 saturated carbocycles. The van der Waals surface area contributed by atoms with Gasteiger partial charge in [0.15, 0.2) is 0 Å². The Balaban J connectivity index is 1.77. The Morgan fingerprint density at radius 2 is 2.00 bits per heavy atom. The number of hydrogen-bond acceptors (Lipinski definition) is 3. The van der Waals surface area contributed by atoms with Crippen LogP contribution in [0.4, 0.5) is 5.69 Å². The van der Waals surface area contributed by atoms with Crippen LogP contribution in [0.3, 0.4) is 0 Å². The van der Waals surface area contributed by atoms with E-state index >= 15 is 0 Å². The van der Waals surface area contributed by atoms with Crippen LogP contribution >= 0.6 is 15.9 Å². The zero-order chi connectivity index (χ0) is 15.1. The molecule has 4 atom stereocenters. The summed E-state index contributed by atoms with van der Waals surface area (Å²) in [7, 11) is 0. The Morgan fingerprint density at radius 3 is 2.67 bits per heavy atom. The number of nitrogens with one attached hydrogen (secondary N) is 1. The van der Waals surface area contributed by atoms with E-state index in [1.807, 2.05) is 0 Å². The van der Waals surface area contributed by atoms with Gasteiger partial charge in [-0.05, 0) is 65.2 Å². The van der Waals surface area contributed by atoms with E-state index in [0.29, 0.717) is 15.7 Å². The maximum Gasteiger partial charge on any atom is 0.308 e. The van der Waals surface area contributed by atoms with Crippen molar-refractivity contribution in [1.82, 2.24) is 5.32 Å². The summed E-state index contributed by atoms with van der Waals surface area (Å²) in [6, 6.07) is 4.71. The van der Waals surface area contributed by atoms with Gasteiger partial charge in [0, 0.05) is 21.8 Å². The molecule has 2 aliphatic carbocycles. The van der Waals surface area contributed by atoms with Crippen LogP contribution in [-0.2, 0) is 4.79 Å². The summed E-state index contributed by atoms with van der Waals surface area (Å²) in [5.41, 5.74) is 6.76. The molecule has 0 heterocycles. The first-order valence-corrected chi connectivity index (χ1v) is 7.85. The van der Waals surface area contributed by atoms with Gasteiger partial charge < -0.3 is 16.2 Å². The standard InChI is InChI=1S/C15H17BrN2O3/c16-10-6-9(3-4-11(10)17)14(19)18-13-8-2-1-7(5-8)12(13)15(20)21/h3-4,6-8,12-13H,1-2,5,17H2,(H,18,19)(H,20,21). The van der Waals surface area contributed by atoms with Crippen LogP contribution in [0.1, 0.15) is 29.6 Å². The summed E-state index contributed by atoms with van der Waals surface area (Å²) in [6.45, 7) is 0. The molecule has 3 rings (SSSR count). The molecular weight excluding hydrogens is 336 g/mol. The molecule has 0 aromatic heterocycles. The predicted octanol–water partition coefficient (Wildman–Crippen LogP) is 2.26. The number of nitrogen functional groups attached to an aromatic ring is 1. The second-order valence-corrected chi connectivity index (χ2v) is 6.79. The number of aliphatic carboxylic acids is 1. The third-order valence-corrected chi connectivity index (χ3v) is 5.45. The molecule has 4 N–H and O–H groups in total. The maximum absolute atomic E-state index is 12.3. The zero-order valence-electron chi connectivity index (χ0n) is 11.4. The number of benzene rings is 1. The van der Waals surface area contributed by atoms with Crippen LogP contribution < -0.4 is 11.1 Å². The van der Waals surface area contributed by atoms with E-state index in [9.17, 15) is 14.7 Å². The maximum atomic E-state index is 12.3. The van der Waals surface area contributed by atoms with Crippen LogP contribution in [0.2, 0.25) is 0 Å². The van der Waals surface area contributed by atoms with Crippen LogP contribution in [-0.4, -0.2) is 23.0 Å². The van der Waals surface area contributed by atoms with E-state index in [1.54, 1.807) is 18.2 Å². The number of carbonyl (C=O) groups excluding carboxylic acids is 1. The molecule has 6 heteroatoms. The Kier molecular flexibility index (Phi) is 3.65. The molecule has 2 bridgehead atoms. The van der Waals surface area contributed by atoms with E-state index in [2.05, 4.69) is 21.2 Å². The van der Waals surface area contributed by atoms with Crippen molar-refractivity contribution in [3.8, 4) is 0 Å². The number of hydrogen-bond donors (Lipinski definition) is 3. The van der Waals surface area contributed by atoms with Crippen LogP contribution in [0, 0.1) is 17.8 Å². The van der Waals surface area contributed by atoms with Crippen molar-refractivity contribution >= 4 is 33.5 Å². The minimum atomic E-state index is -0.800. The second kappa shape index (κ2) is 5.33. The Bertz CT molecular complexity index is 605. The van der Waals surface area contributed by atoms with Gasteiger partial charge >= 0.3 is 5.97 Å². The summed E-state index contributed by atoms with van der Waals surface area (Å²) in [4.78, 5) is 23.8. The number of anilines is 1. The van der Waals surface area contributed by atoms with Gasteiger partial charge in [0.2, 0.25) is 0 Å². The lowest BCUT2D eigenvalue weighted by Gasteiger charge is -2.28. The largest absolute Gasteiger partial charge is 0.481 e. The molecule has 0 spiro atoms. The van der Waals surface area contributed by atoms with Crippen LogP contribution in [0.25, 0.3) is 0 Å². The summed E-state index contributed by atoms with van der Waals surface area (Å²) in [6.07, 6.45) is 2.87. The molecule has 1 amide bonds. The first-order chi connectivity index (χ1) is 9.97. The molecule has 0 saturated heterocycles. The minimum Gasteiger partial charge on any atom is -0.481 e. The SMILES string of the molecule is Nc1ccc(C(=O)NC2C3CCC(C3)C2C(=O)O)cc1Br. The minimum absolute atomic E-state index is 0.205. The molecule has 1 aromatic carbocycles. The van der Waals surface area contributed by atoms with Gasteiger partial charge in [0.05, 0.1) is 5.92 Å². The fourth-order valence-electron chi connectivity index (χ4n) is 3.76. The molecule has 2 aliphatic rings. The number of carboxylic acids is 1. The third-order valence-electron chi connectivity index (χ3n) is 4.76. The number of carboxylic acid groups (broad SMARTS) is 1. The first kappa shape index (κ1) is 14.4. The highest BCUT2D eigenvalue weighted by atomic mass is 79.9. The average Bonchev–Trinajstić information content (AvgIpc) is 3.02. The number of rotatable bonds is 3. The van der Waals surface area contributed by atoms with Crippen molar-refractivity contribution in [2.45, 2.75) is 25.3 Å². The molecule has 21 heavy (non-hydrogen) atoms. The monoisotopic (exact) mass is 352 g/mol. The molecular formula is C15H17BrN2O3. The topological polar surface area (TPSA) is 92.4 Å². The van der Waals surface area contributed by atoms with Crippen LogP contribution in [0.15, 0.2) is 22.7 Å². The Morgan fingerprint density at radius 1 is 1.29 bits per heavy atom. The van der Waals surface area contributed by atoms with E-state index in [-0.39, 0.29) is 23.8 Å². The van der Waals surface area contributed by atoms with E-state index in [0.717, 1.165) is 19.3 Å². The van der Waals surface area contributed by atoms with Gasteiger partial charge in [-0.2, -0.15) is 0 Å². The lowest BCUT2D eigenvalue weighted by Crippen LogP contribution is -2.46. The molecule has 5 nitrogen and oxygen atoms in total. The first-order valence-electron chi connectivity index (χ1n) is 7.06. The van der Waals surface area contributed by atoms with Crippen molar-refractivity contribution in [3.05, 3.63) is 28.2 Å². The summed E-state index contributed by atoms with van der Waals surface area (Å²) >= 11 is 3.30. The van der Waals surface area contributed by atoms with E-state index in [1.165, 1.54) is 0 Å². The fraction of sp³-hybridized carbons (Fsp3) is 0.467. The Labute approximate surface area is 131 Å². The van der Waals surface area contributed by atoms with Crippen molar-refractivity contribution in [1.29, 1.82) is 0 Å². The second-order valence-electron chi connectivity index (χ2n) is 5.93. The summed E-state index contributed by atoms with van der Waals surface area (Å²) in [5.74, 6) is -0.997. The number of amides is 1. The van der Waals surface area contributed by atoms with Crippen molar-refractivity contribution < 1.29 is 14.7 Å². The fourth-order valence-corrected chi connectivity index (χ4v) is 4.14.